The number of carbonyl (C=O) groups is 1. The lowest BCUT2D eigenvalue weighted by Crippen LogP contribution is -2.35. The van der Waals surface area contributed by atoms with Gasteiger partial charge in [0.25, 0.3) is 5.91 Å². The average molecular weight is 358 g/mol. The van der Waals surface area contributed by atoms with E-state index in [-0.39, 0.29) is 5.91 Å². The first-order chi connectivity index (χ1) is 12.4. The van der Waals surface area contributed by atoms with Gasteiger partial charge in [-0.2, -0.15) is 4.98 Å². The minimum Gasteiger partial charge on any atom is -0.340 e. The Hall–Kier alpha value is -2.35. The Morgan fingerprint density at radius 1 is 1.23 bits per heavy atom. The van der Waals surface area contributed by atoms with E-state index in [4.69, 9.17) is 4.52 Å². The van der Waals surface area contributed by atoms with Crippen LogP contribution in [0.5, 0.6) is 0 Å². The molecule has 1 aliphatic heterocycles. The molecule has 0 aliphatic carbocycles. The summed E-state index contributed by atoms with van der Waals surface area (Å²) >= 11 is 0. The minimum absolute atomic E-state index is 0.00399. The number of hydrogen-bond acceptors (Lipinski definition) is 7. The second-order valence-electron chi connectivity index (χ2n) is 6.96. The first-order valence-corrected chi connectivity index (χ1v) is 9.03. The summed E-state index contributed by atoms with van der Waals surface area (Å²) < 4.78 is 5.04. The van der Waals surface area contributed by atoms with Crippen LogP contribution in [0.1, 0.15) is 53.0 Å². The summed E-state index contributed by atoms with van der Waals surface area (Å²) in [6, 6.07) is 2.16. The second kappa shape index (κ2) is 7.90. The Labute approximate surface area is 153 Å². The molecule has 0 bridgehead atoms. The van der Waals surface area contributed by atoms with Gasteiger partial charge in [-0.3, -0.25) is 9.69 Å². The summed E-state index contributed by atoms with van der Waals surface area (Å²) in [4.78, 5) is 29.8. The van der Waals surface area contributed by atoms with Crippen molar-refractivity contribution >= 4 is 5.91 Å². The molecule has 0 aromatic carbocycles. The van der Waals surface area contributed by atoms with E-state index in [2.05, 4.69) is 32.1 Å². The van der Waals surface area contributed by atoms with Crippen molar-refractivity contribution in [2.24, 2.45) is 0 Å². The molecular formula is C18H26N6O2. The molecule has 8 heteroatoms. The van der Waals surface area contributed by atoms with E-state index in [1.165, 1.54) is 0 Å². The molecule has 140 valence electrons. The van der Waals surface area contributed by atoms with Gasteiger partial charge < -0.3 is 9.42 Å². The Kier molecular flexibility index (Phi) is 5.61. The molecule has 0 saturated carbocycles. The molecule has 2 aromatic rings. The lowest BCUT2D eigenvalue weighted by Gasteiger charge is -2.26. The van der Waals surface area contributed by atoms with Crippen LogP contribution in [0.15, 0.2) is 10.6 Å². The summed E-state index contributed by atoms with van der Waals surface area (Å²) in [7, 11) is 2.07. The average Bonchev–Trinajstić information content (AvgIpc) is 2.84. The molecule has 0 radical (unpaired) electrons. The molecule has 1 amide bonds. The SMILES string of the molecule is Cc1cc(C(=O)N2CCC[C@H](N(C)Cc3noc(C)n3)CC2)nc(C)n1. The highest BCUT2D eigenvalue weighted by Gasteiger charge is 2.25. The van der Waals surface area contributed by atoms with Crippen LogP contribution >= 0.6 is 0 Å². The maximum Gasteiger partial charge on any atom is 0.272 e. The zero-order valence-electron chi connectivity index (χ0n) is 15.9. The number of hydrogen-bond donors (Lipinski definition) is 0. The van der Waals surface area contributed by atoms with Crippen LogP contribution in [0.3, 0.4) is 0 Å². The molecule has 2 aromatic heterocycles. The van der Waals surface area contributed by atoms with Gasteiger partial charge in [0.2, 0.25) is 5.89 Å². The molecule has 1 aliphatic rings. The molecule has 3 rings (SSSR count). The van der Waals surface area contributed by atoms with Crippen molar-refractivity contribution in [1.82, 2.24) is 29.9 Å². The summed E-state index contributed by atoms with van der Waals surface area (Å²) in [6.45, 7) is 7.63. The van der Waals surface area contributed by atoms with Gasteiger partial charge in [-0.05, 0) is 46.2 Å². The van der Waals surface area contributed by atoms with Crippen molar-refractivity contribution in [1.29, 1.82) is 0 Å². The minimum atomic E-state index is -0.00399. The van der Waals surface area contributed by atoms with E-state index in [1.54, 1.807) is 13.0 Å². The van der Waals surface area contributed by atoms with Crippen LogP contribution in [0.4, 0.5) is 0 Å². The highest BCUT2D eigenvalue weighted by molar-refractivity contribution is 5.92. The Morgan fingerprint density at radius 2 is 2.04 bits per heavy atom. The summed E-state index contributed by atoms with van der Waals surface area (Å²) in [6.07, 6.45) is 2.93. The zero-order valence-corrected chi connectivity index (χ0v) is 15.9. The van der Waals surface area contributed by atoms with Gasteiger partial charge in [0.15, 0.2) is 5.82 Å². The Bertz CT molecular complexity index is 755. The molecule has 8 nitrogen and oxygen atoms in total. The van der Waals surface area contributed by atoms with E-state index in [1.807, 2.05) is 18.7 Å². The predicted octanol–water partition coefficient (Wildman–Crippen LogP) is 1.91. The van der Waals surface area contributed by atoms with Gasteiger partial charge in [-0.25, -0.2) is 9.97 Å². The normalized spacial score (nSPS) is 18.2. The Balaban J connectivity index is 1.61. The largest absolute Gasteiger partial charge is 0.340 e. The van der Waals surface area contributed by atoms with Crippen molar-refractivity contribution in [3.8, 4) is 0 Å². The first kappa shape index (κ1) is 18.4. The molecule has 0 N–H and O–H groups in total. The fraction of sp³-hybridized carbons (Fsp3) is 0.611. The van der Waals surface area contributed by atoms with E-state index >= 15 is 0 Å². The van der Waals surface area contributed by atoms with Crippen LogP contribution in [0.25, 0.3) is 0 Å². The number of aromatic nitrogens is 4. The molecule has 1 fully saturated rings. The number of carbonyl (C=O) groups excluding carboxylic acids is 1. The third kappa shape index (κ3) is 4.43. The molecule has 1 saturated heterocycles. The lowest BCUT2D eigenvalue weighted by molar-refractivity contribution is 0.0750. The first-order valence-electron chi connectivity index (χ1n) is 9.03. The standard InChI is InChI=1S/C18H26N6O2/c1-12-10-16(20-13(2)19-12)18(25)24-8-5-6-15(7-9-24)23(4)11-17-21-14(3)26-22-17/h10,15H,5-9,11H2,1-4H3/t15-/m0/s1. The van der Waals surface area contributed by atoms with Crippen molar-refractivity contribution in [2.75, 3.05) is 20.1 Å². The highest BCUT2D eigenvalue weighted by Crippen LogP contribution is 2.19. The number of nitrogens with zero attached hydrogens (tertiary/aromatic N) is 6. The molecule has 3 heterocycles. The quantitative estimate of drug-likeness (QED) is 0.825. The van der Waals surface area contributed by atoms with E-state index in [9.17, 15) is 4.79 Å². The van der Waals surface area contributed by atoms with E-state index in [0.29, 0.717) is 35.8 Å². The van der Waals surface area contributed by atoms with Crippen molar-refractivity contribution in [3.05, 3.63) is 35.0 Å². The highest BCUT2D eigenvalue weighted by atomic mass is 16.5. The van der Waals surface area contributed by atoms with Crippen LogP contribution in [-0.2, 0) is 6.54 Å². The maximum atomic E-state index is 12.8. The van der Waals surface area contributed by atoms with Gasteiger partial charge in [0.1, 0.15) is 11.5 Å². The monoisotopic (exact) mass is 358 g/mol. The number of rotatable bonds is 4. The third-order valence-corrected chi connectivity index (χ3v) is 4.75. The van der Waals surface area contributed by atoms with Crippen molar-refractivity contribution in [2.45, 2.75) is 52.6 Å². The van der Waals surface area contributed by atoms with Crippen LogP contribution in [0.2, 0.25) is 0 Å². The molecule has 1 atom stereocenters. The smallest absolute Gasteiger partial charge is 0.272 e. The lowest BCUT2D eigenvalue weighted by atomic mass is 10.1. The second-order valence-corrected chi connectivity index (χ2v) is 6.96. The molecular weight excluding hydrogens is 332 g/mol. The van der Waals surface area contributed by atoms with Crippen LogP contribution < -0.4 is 0 Å². The van der Waals surface area contributed by atoms with Crippen molar-refractivity contribution in [3.63, 3.8) is 0 Å². The number of likely N-dealkylation sites (tertiary alicyclic amines) is 1. The third-order valence-electron chi connectivity index (χ3n) is 4.75. The van der Waals surface area contributed by atoms with Gasteiger partial charge in [0, 0.05) is 31.7 Å². The van der Waals surface area contributed by atoms with E-state index in [0.717, 1.165) is 38.0 Å². The number of amides is 1. The zero-order chi connectivity index (χ0) is 18.7. The van der Waals surface area contributed by atoms with E-state index < -0.39 is 0 Å². The fourth-order valence-electron chi connectivity index (χ4n) is 3.47. The molecule has 0 unspecified atom stereocenters. The maximum absolute atomic E-state index is 12.8. The fourth-order valence-corrected chi connectivity index (χ4v) is 3.47. The van der Waals surface area contributed by atoms with Gasteiger partial charge in [0.05, 0.1) is 6.54 Å². The van der Waals surface area contributed by atoms with Crippen molar-refractivity contribution < 1.29 is 9.32 Å². The molecule has 0 spiro atoms. The molecule has 26 heavy (non-hydrogen) atoms. The van der Waals surface area contributed by atoms with Crippen LogP contribution in [0, 0.1) is 20.8 Å². The topological polar surface area (TPSA) is 88.3 Å². The number of aryl methyl sites for hydroxylation is 3. The Morgan fingerprint density at radius 3 is 2.73 bits per heavy atom. The summed E-state index contributed by atoms with van der Waals surface area (Å²) in [5, 5.41) is 3.97. The van der Waals surface area contributed by atoms with Gasteiger partial charge in [-0.15, -0.1) is 0 Å². The summed E-state index contributed by atoms with van der Waals surface area (Å²) in [5.41, 5.74) is 1.31. The van der Waals surface area contributed by atoms with Crippen LogP contribution in [-0.4, -0.2) is 62.0 Å². The van der Waals surface area contributed by atoms with Gasteiger partial charge in [-0.1, -0.05) is 5.16 Å². The summed E-state index contributed by atoms with van der Waals surface area (Å²) in [5.74, 6) is 1.92. The van der Waals surface area contributed by atoms with Gasteiger partial charge >= 0.3 is 0 Å². The predicted molar refractivity (Wildman–Crippen MR) is 95.6 cm³/mol.